The number of hydrogen-bond acceptors (Lipinski definition) is 3. The summed E-state index contributed by atoms with van der Waals surface area (Å²) in [7, 11) is 1.07. The van der Waals surface area contributed by atoms with Gasteiger partial charge < -0.3 is 15.5 Å². The van der Waals surface area contributed by atoms with E-state index in [4.69, 9.17) is 0 Å². The summed E-state index contributed by atoms with van der Waals surface area (Å²) < 4.78 is 13.4. The lowest BCUT2D eigenvalue weighted by Crippen LogP contribution is -2.47. The zero-order valence-corrected chi connectivity index (χ0v) is 20.9. The SMILES string of the molecule is C=C/C=C(C#CC(=O)NCCN1CCC2(CC1)C(=O)NCC2c1ccc(F)cc1)\C=C/C1BC(C)=C1. The maximum atomic E-state index is 13.4. The minimum Gasteiger partial charge on any atom is -0.355 e. The molecule has 2 fully saturated rings. The molecule has 5 nitrogen and oxygen atoms in total. The summed E-state index contributed by atoms with van der Waals surface area (Å²) >= 11 is 0. The first-order chi connectivity index (χ1) is 17.4. The number of allylic oxidation sites excluding steroid dienone is 7. The fourth-order valence-corrected chi connectivity index (χ4v) is 5.43. The molecule has 36 heavy (non-hydrogen) atoms. The van der Waals surface area contributed by atoms with Gasteiger partial charge in [-0.3, -0.25) is 9.59 Å². The third-order valence-corrected chi connectivity index (χ3v) is 7.52. The van der Waals surface area contributed by atoms with Crippen molar-refractivity contribution in [3.8, 4) is 11.8 Å². The van der Waals surface area contributed by atoms with E-state index < -0.39 is 5.41 Å². The zero-order valence-electron chi connectivity index (χ0n) is 20.9. The van der Waals surface area contributed by atoms with Gasteiger partial charge in [-0.25, -0.2) is 4.39 Å². The number of nitrogens with zero attached hydrogens (tertiary/aromatic N) is 1. The minimum absolute atomic E-state index is 0.0546. The van der Waals surface area contributed by atoms with Crippen LogP contribution in [0.4, 0.5) is 4.39 Å². The van der Waals surface area contributed by atoms with E-state index in [1.807, 2.05) is 6.08 Å². The first kappa shape index (κ1) is 25.7. The summed E-state index contributed by atoms with van der Waals surface area (Å²) in [6.45, 7) is 9.18. The number of likely N-dealkylation sites (tertiary alicyclic amines) is 1. The van der Waals surface area contributed by atoms with Crippen molar-refractivity contribution >= 4 is 19.1 Å². The molecule has 2 atom stereocenters. The first-order valence-corrected chi connectivity index (χ1v) is 12.6. The molecule has 4 rings (SSSR count). The van der Waals surface area contributed by atoms with Gasteiger partial charge in [0.25, 0.3) is 5.91 Å². The monoisotopic (exact) mass is 485 g/mol. The average molecular weight is 485 g/mol. The third kappa shape index (κ3) is 6.06. The molecule has 0 bridgehead atoms. The summed E-state index contributed by atoms with van der Waals surface area (Å²) in [6.07, 6.45) is 11.2. The normalized spacial score (nSPS) is 23.2. The number of carbonyl (C=O) groups is 2. The maximum absolute atomic E-state index is 13.4. The molecule has 2 unspecified atom stereocenters. The molecule has 0 aromatic heterocycles. The summed E-state index contributed by atoms with van der Waals surface area (Å²) in [5, 5.41) is 5.90. The molecular weight excluding hydrogens is 452 g/mol. The number of rotatable bonds is 7. The second kappa shape index (κ2) is 11.6. The molecule has 0 saturated carbocycles. The summed E-state index contributed by atoms with van der Waals surface area (Å²) in [5.74, 6) is 5.61. The second-order valence-corrected chi connectivity index (χ2v) is 9.92. The Morgan fingerprint density at radius 1 is 1.31 bits per heavy atom. The van der Waals surface area contributed by atoms with Gasteiger partial charge in [0.15, 0.2) is 7.28 Å². The van der Waals surface area contributed by atoms with Crippen molar-refractivity contribution in [2.24, 2.45) is 5.41 Å². The predicted octanol–water partition coefficient (Wildman–Crippen LogP) is 3.05. The lowest BCUT2D eigenvalue weighted by molar-refractivity contribution is -0.130. The van der Waals surface area contributed by atoms with Crippen molar-refractivity contribution in [2.75, 3.05) is 32.7 Å². The van der Waals surface area contributed by atoms with Gasteiger partial charge in [-0.05, 0) is 55.5 Å². The highest BCUT2D eigenvalue weighted by molar-refractivity contribution is 6.52. The van der Waals surface area contributed by atoms with Crippen molar-refractivity contribution in [3.05, 3.63) is 83.7 Å². The van der Waals surface area contributed by atoms with Crippen LogP contribution in [0.3, 0.4) is 0 Å². The highest BCUT2D eigenvalue weighted by Gasteiger charge is 2.51. The Balaban J connectivity index is 1.24. The highest BCUT2D eigenvalue weighted by Crippen LogP contribution is 2.47. The Hall–Kier alpha value is -3.37. The Morgan fingerprint density at radius 2 is 2.03 bits per heavy atom. The molecule has 1 aromatic rings. The van der Waals surface area contributed by atoms with Crippen molar-refractivity contribution in [1.29, 1.82) is 0 Å². The third-order valence-electron chi connectivity index (χ3n) is 7.52. The lowest BCUT2D eigenvalue weighted by atomic mass is 9.49. The topological polar surface area (TPSA) is 61.4 Å². The number of hydrogen-bond donors (Lipinski definition) is 2. The maximum Gasteiger partial charge on any atom is 0.296 e. The van der Waals surface area contributed by atoms with Crippen LogP contribution in [0.5, 0.6) is 0 Å². The smallest absolute Gasteiger partial charge is 0.296 e. The predicted molar refractivity (Wildman–Crippen MR) is 143 cm³/mol. The molecule has 3 heterocycles. The fraction of sp³-hybridized carbons (Fsp3) is 0.379. The van der Waals surface area contributed by atoms with Crippen LogP contribution in [0.1, 0.15) is 31.2 Å². The van der Waals surface area contributed by atoms with Gasteiger partial charge in [0, 0.05) is 37.0 Å². The van der Waals surface area contributed by atoms with Gasteiger partial charge in [0.05, 0.1) is 5.41 Å². The van der Waals surface area contributed by atoms with Crippen LogP contribution in [-0.2, 0) is 9.59 Å². The van der Waals surface area contributed by atoms with Crippen LogP contribution in [-0.4, -0.2) is 56.7 Å². The van der Waals surface area contributed by atoms with Crippen LogP contribution in [0.15, 0.2) is 72.3 Å². The average Bonchev–Trinajstić information content (AvgIpc) is 3.16. The number of amides is 2. The first-order valence-electron chi connectivity index (χ1n) is 12.6. The molecular formula is C29H33BFN3O2. The molecule has 2 N–H and O–H groups in total. The Bertz CT molecular complexity index is 1150. The van der Waals surface area contributed by atoms with Gasteiger partial charge in [-0.1, -0.05) is 55.9 Å². The van der Waals surface area contributed by atoms with E-state index in [2.05, 4.69) is 53.0 Å². The highest BCUT2D eigenvalue weighted by atomic mass is 19.1. The summed E-state index contributed by atoms with van der Waals surface area (Å²) in [6, 6.07) is 6.51. The number of piperidine rings is 1. The molecule has 7 heteroatoms. The van der Waals surface area contributed by atoms with Crippen molar-refractivity contribution in [1.82, 2.24) is 15.5 Å². The van der Waals surface area contributed by atoms with E-state index in [9.17, 15) is 14.0 Å². The number of halogens is 1. The van der Waals surface area contributed by atoms with Crippen LogP contribution in [0, 0.1) is 23.1 Å². The van der Waals surface area contributed by atoms with Crippen molar-refractivity contribution < 1.29 is 14.0 Å². The number of carbonyl (C=O) groups excluding carboxylic acids is 2. The minimum atomic E-state index is -0.446. The van der Waals surface area contributed by atoms with Gasteiger partial charge in [0.1, 0.15) is 5.82 Å². The Labute approximate surface area is 213 Å². The zero-order chi connectivity index (χ0) is 25.5. The number of nitrogens with one attached hydrogen (secondary N) is 2. The van der Waals surface area contributed by atoms with E-state index in [-0.39, 0.29) is 23.5 Å². The Kier molecular flexibility index (Phi) is 8.27. The molecule has 3 aliphatic heterocycles. The standard InChI is InChI=1S/C29H33BFN3O2/c1-3-4-22(5-9-24-19-21(2)30-24)6-12-27(35)32-15-18-34-16-13-29(14-17-34)26(20-33-28(29)36)23-7-10-25(31)11-8-23/h3-5,7-11,19,24,26,30H,1,13-18,20H2,2H3,(H,32,35)(H,33,36)/b9-5-,22-4+. The Morgan fingerprint density at radius 3 is 2.69 bits per heavy atom. The second-order valence-electron chi connectivity index (χ2n) is 9.92. The molecule has 1 aromatic carbocycles. The van der Waals surface area contributed by atoms with E-state index >= 15 is 0 Å². The summed E-state index contributed by atoms with van der Waals surface area (Å²) in [4.78, 5) is 27.3. The van der Waals surface area contributed by atoms with Crippen LogP contribution in [0.2, 0.25) is 5.82 Å². The van der Waals surface area contributed by atoms with Gasteiger partial charge in [-0.15, -0.1) is 5.47 Å². The molecule has 0 radical (unpaired) electrons. The van der Waals surface area contributed by atoms with E-state index in [0.717, 1.165) is 44.3 Å². The van der Waals surface area contributed by atoms with Crippen LogP contribution < -0.4 is 10.6 Å². The summed E-state index contributed by atoms with van der Waals surface area (Å²) in [5.41, 5.74) is 2.71. The number of benzene rings is 1. The van der Waals surface area contributed by atoms with Crippen molar-refractivity contribution in [2.45, 2.75) is 31.5 Å². The van der Waals surface area contributed by atoms with Gasteiger partial charge in [0.2, 0.25) is 5.91 Å². The molecule has 3 aliphatic rings. The fourth-order valence-electron chi connectivity index (χ4n) is 5.43. The molecule has 0 aliphatic carbocycles. The van der Waals surface area contributed by atoms with E-state index in [1.54, 1.807) is 24.3 Å². The molecule has 2 amide bonds. The quantitative estimate of drug-likeness (QED) is 0.355. The van der Waals surface area contributed by atoms with Crippen LogP contribution >= 0.6 is 0 Å². The lowest BCUT2D eigenvalue weighted by Gasteiger charge is -2.41. The largest absolute Gasteiger partial charge is 0.355 e. The molecule has 186 valence electrons. The molecule has 2 saturated heterocycles. The van der Waals surface area contributed by atoms with E-state index in [0.29, 0.717) is 25.5 Å². The van der Waals surface area contributed by atoms with Crippen molar-refractivity contribution in [3.63, 3.8) is 0 Å². The van der Waals surface area contributed by atoms with E-state index in [1.165, 1.54) is 17.6 Å². The van der Waals surface area contributed by atoms with Crippen LogP contribution in [0.25, 0.3) is 0 Å². The molecule has 1 spiro atoms. The van der Waals surface area contributed by atoms with Gasteiger partial charge in [-0.2, -0.15) is 0 Å². The van der Waals surface area contributed by atoms with Gasteiger partial charge >= 0.3 is 0 Å².